The molecule has 124 valence electrons. The Morgan fingerprint density at radius 2 is 1.65 bits per heavy atom. The van der Waals surface area contributed by atoms with E-state index in [1.165, 1.54) is 0 Å². The summed E-state index contributed by atoms with van der Waals surface area (Å²) < 4.78 is 39.2. The van der Waals surface area contributed by atoms with Crippen LogP contribution in [0.4, 0.5) is 8.78 Å². The first-order chi connectivity index (χ1) is 10.6. The van der Waals surface area contributed by atoms with Crippen molar-refractivity contribution in [3.05, 3.63) is 40.4 Å². The normalized spacial score (nSPS) is 20.0. The van der Waals surface area contributed by atoms with Gasteiger partial charge in [0, 0.05) is 5.75 Å². The molecule has 0 aliphatic carbocycles. The van der Waals surface area contributed by atoms with Gasteiger partial charge in [0.2, 0.25) is 0 Å². The largest absolute Gasteiger partial charge is 0.491 e. The zero-order valence-electron chi connectivity index (χ0n) is 13.5. The second-order valence-corrected chi connectivity index (χ2v) is 6.80. The molecule has 1 heterocycles. The monoisotopic (exact) mass is 340 g/mol. The van der Waals surface area contributed by atoms with Crippen LogP contribution < -0.4 is 0 Å². The molecule has 7 heteroatoms. The molecule has 1 saturated heterocycles. The lowest BCUT2D eigenvalue weighted by molar-refractivity contribution is 0.00578. The number of halogens is 2. The minimum Gasteiger partial charge on any atom is -0.400 e. The van der Waals surface area contributed by atoms with E-state index in [1.54, 1.807) is 6.08 Å². The minimum atomic E-state index is -0.904. The van der Waals surface area contributed by atoms with Crippen molar-refractivity contribution in [1.29, 1.82) is 0 Å². The van der Waals surface area contributed by atoms with Crippen molar-refractivity contribution in [3.63, 3.8) is 0 Å². The highest BCUT2D eigenvalue weighted by Crippen LogP contribution is 2.39. The molecule has 2 rings (SSSR count). The van der Waals surface area contributed by atoms with Gasteiger partial charge in [-0.25, -0.2) is 8.78 Å². The number of aldehydes is 1. The van der Waals surface area contributed by atoms with Gasteiger partial charge in [0.1, 0.15) is 11.6 Å². The fourth-order valence-electron chi connectivity index (χ4n) is 2.20. The molecule has 3 nitrogen and oxygen atoms in total. The van der Waals surface area contributed by atoms with E-state index in [0.717, 1.165) is 12.1 Å². The van der Waals surface area contributed by atoms with Gasteiger partial charge in [-0.15, -0.1) is 0 Å². The molecule has 0 radical (unpaired) electrons. The third-order valence-electron chi connectivity index (χ3n) is 4.31. The van der Waals surface area contributed by atoms with E-state index < -0.39 is 35.5 Å². The van der Waals surface area contributed by atoms with Gasteiger partial charge in [-0.05, 0) is 50.9 Å². The fourth-order valence-corrected chi connectivity index (χ4v) is 2.44. The third-order valence-corrected chi connectivity index (χ3v) is 4.68. The Labute approximate surface area is 140 Å². The fraction of sp³-hybridized carbons (Fsp3) is 0.438. The molecule has 0 saturated carbocycles. The Kier molecular flexibility index (Phi) is 5.04. The molecular formula is C16H19BF2O3S. The molecule has 0 aromatic heterocycles. The van der Waals surface area contributed by atoms with Crippen molar-refractivity contribution in [2.24, 2.45) is 0 Å². The maximum absolute atomic E-state index is 13.7. The van der Waals surface area contributed by atoms with Crippen LogP contribution in [0, 0.1) is 11.6 Å². The maximum atomic E-state index is 13.7. The van der Waals surface area contributed by atoms with Crippen LogP contribution in [0.2, 0.25) is 0 Å². The summed E-state index contributed by atoms with van der Waals surface area (Å²) in [5.74, 6) is -1.51. The second kappa shape index (κ2) is 6.38. The molecule has 1 aromatic carbocycles. The van der Waals surface area contributed by atoms with Gasteiger partial charge in [0.05, 0.1) is 16.8 Å². The average Bonchev–Trinajstić information content (AvgIpc) is 2.64. The summed E-state index contributed by atoms with van der Waals surface area (Å²) in [5, 5.41) is 0. The SMILES string of the molecule is CC1(C)OB(C(=Cc2cc(F)c(C=O)c(F)c2)CS)OC1(C)C. The highest BCUT2D eigenvalue weighted by atomic mass is 32.1. The molecule has 1 aliphatic rings. The highest BCUT2D eigenvalue weighted by molar-refractivity contribution is 7.80. The predicted molar refractivity (Wildman–Crippen MR) is 89.7 cm³/mol. The van der Waals surface area contributed by atoms with E-state index in [-0.39, 0.29) is 11.8 Å². The number of benzene rings is 1. The summed E-state index contributed by atoms with van der Waals surface area (Å²) >= 11 is 4.25. The van der Waals surface area contributed by atoms with Crippen molar-refractivity contribution < 1.29 is 22.9 Å². The van der Waals surface area contributed by atoms with E-state index in [2.05, 4.69) is 12.6 Å². The van der Waals surface area contributed by atoms with Crippen LogP contribution in [0.5, 0.6) is 0 Å². The standard InChI is InChI=1S/C16H19BF2O3S/c1-15(2)16(3,4)22-17(21-15)11(9-23)5-10-6-13(18)12(8-20)14(19)7-10/h5-8,23H,9H2,1-4H3. The van der Waals surface area contributed by atoms with E-state index in [9.17, 15) is 13.6 Å². The van der Waals surface area contributed by atoms with E-state index in [1.807, 2.05) is 27.7 Å². The Hall–Kier alpha value is -1.18. The van der Waals surface area contributed by atoms with Gasteiger partial charge < -0.3 is 9.31 Å². The molecule has 1 fully saturated rings. The molecule has 1 aromatic rings. The number of carbonyl (C=O) groups is 1. The second-order valence-electron chi connectivity index (χ2n) is 6.48. The van der Waals surface area contributed by atoms with Crippen LogP contribution in [0.3, 0.4) is 0 Å². The smallest absolute Gasteiger partial charge is 0.400 e. The summed E-state index contributed by atoms with van der Waals surface area (Å²) in [6, 6.07) is 2.20. The molecule has 0 amide bonds. The lowest BCUT2D eigenvalue weighted by Gasteiger charge is -2.32. The van der Waals surface area contributed by atoms with Crippen LogP contribution >= 0.6 is 12.6 Å². The number of rotatable bonds is 4. The van der Waals surface area contributed by atoms with Gasteiger partial charge in [0.25, 0.3) is 0 Å². The molecular weight excluding hydrogens is 321 g/mol. The van der Waals surface area contributed by atoms with Crippen molar-refractivity contribution in [2.45, 2.75) is 38.9 Å². The molecule has 1 aliphatic heterocycles. The zero-order valence-corrected chi connectivity index (χ0v) is 14.4. The van der Waals surface area contributed by atoms with Crippen LogP contribution in [0.25, 0.3) is 6.08 Å². The Balaban J connectivity index is 2.36. The quantitative estimate of drug-likeness (QED) is 0.515. The first kappa shape index (κ1) is 18.2. The van der Waals surface area contributed by atoms with Crippen molar-refractivity contribution in [1.82, 2.24) is 0 Å². The lowest BCUT2D eigenvalue weighted by atomic mass is 9.78. The molecule has 0 bridgehead atoms. The summed E-state index contributed by atoms with van der Waals surface area (Å²) in [6.45, 7) is 7.67. The van der Waals surface area contributed by atoms with Gasteiger partial charge in [-0.3, -0.25) is 4.79 Å². The molecule has 0 N–H and O–H groups in total. The Morgan fingerprint density at radius 3 is 2.04 bits per heavy atom. The van der Waals surface area contributed by atoms with Crippen molar-refractivity contribution in [3.8, 4) is 0 Å². The third kappa shape index (κ3) is 3.51. The summed E-state index contributed by atoms with van der Waals surface area (Å²) in [4.78, 5) is 10.6. The Morgan fingerprint density at radius 1 is 1.17 bits per heavy atom. The number of thiol groups is 1. The first-order valence-electron chi connectivity index (χ1n) is 7.22. The molecule has 0 atom stereocenters. The lowest BCUT2D eigenvalue weighted by Crippen LogP contribution is -2.41. The van der Waals surface area contributed by atoms with E-state index in [0.29, 0.717) is 11.2 Å². The molecule has 0 unspecified atom stereocenters. The highest BCUT2D eigenvalue weighted by Gasteiger charge is 2.52. The van der Waals surface area contributed by atoms with Crippen LogP contribution in [-0.2, 0) is 9.31 Å². The zero-order chi connectivity index (χ0) is 17.4. The van der Waals surface area contributed by atoms with E-state index >= 15 is 0 Å². The van der Waals surface area contributed by atoms with Crippen LogP contribution in [-0.4, -0.2) is 30.4 Å². The first-order valence-corrected chi connectivity index (χ1v) is 7.85. The van der Waals surface area contributed by atoms with Gasteiger partial charge in [0.15, 0.2) is 6.29 Å². The Bertz CT molecular complexity index is 620. The molecule has 0 spiro atoms. The molecule has 23 heavy (non-hydrogen) atoms. The van der Waals surface area contributed by atoms with Gasteiger partial charge >= 0.3 is 7.12 Å². The van der Waals surface area contributed by atoms with Crippen LogP contribution in [0.1, 0.15) is 43.6 Å². The maximum Gasteiger partial charge on any atom is 0.491 e. The number of carbonyl (C=O) groups excluding carboxylic acids is 1. The topological polar surface area (TPSA) is 35.5 Å². The number of hydrogen-bond donors (Lipinski definition) is 1. The average molecular weight is 340 g/mol. The number of hydrogen-bond acceptors (Lipinski definition) is 4. The summed E-state index contributed by atoms with van der Waals surface area (Å²) in [7, 11) is -0.644. The predicted octanol–water partition coefficient (Wildman–Crippen LogP) is 3.72. The minimum absolute atomic E-state index is 0.159. The summed E-state index contributed by atoms with van der Waals surface area (Å²) in [5.41, 5.74) is -0.686. The van der Waals surface area contributed by atoms with Crippen molar-refractivity contribution >= 4 is 32.1 Å². The van der Waals surface area contributed by atoms with Crippen molar-refractivity contribution in [2.75, 3.05) is 5.75 Å². The van der Waals surface area contributed by atoms with Gasteiger partial charge in [-0.2, -0.15) is 12.6 Å². The van der Waals surface area contributed by atoms with Crippen LogP contribution in [0.15, 0.2) is 17.6 Å². The van der Waals surface area contributed by atoms with E-state index in [4.69, 9.17) is 9.31 Å². The summed E-state index contributed by atoms with van der Waals surface area (Å²) in [6.07, 6.45) is 1.72. The van der Waals surface area contributed by atoms with Gasteiger partial charge in [-0.1, -0.05) is 6.08 Å².